The number of rotatable bonds is 4. The van der Waals surface area contributed by atoms with E-state index in [9.17, 15) is 4.39 Å². The summed E-state index contributed by atoms with van der Waals surface area (Å²) in [5, 5.41) is 3.12. The second-order valence-corrected chi connectivity index (χ2v) is 5.18. The zero-order chi connectivity index (χ0) is 13.8. The summed E-state index contributed by atoms with van der Waals surface area (Å²) in [7, 11) is 1.62. The summed E-state index contributed by atoms with van der Waals surface area (Å²) in [6.07, 6.45) is 0. The van der Waals surface area contributed by atoms with Crippen LogP contribution in [0.25, 0.3) is 0 Å². The van der Waals surface area contributed by atoms with Crippen LogP contribution in [0.15, 0.2) is 36.4 Å². The minimum atomic E-state index is -0.280. The van der Waals surface area contributed by atoms with Crippen molar-refractivity contribution >= 4 is 34.0 Å². The lowest BCUT2D eigenvalue weighted by atomic mass is 10.2. The number of hydrogen-bond acceptors (Lipinski definition) is 3. The highest BCUT2D eigenvalue weighted by Gasteiger charge is 2.07. The van der Waals surface area contributed by atoms with Crippen LogP contribution in [0.1, 0.15) is 5.56 Å². The van der Waals surface area contributed by atoms with Crippen molar-refractivity contribution in [2.24, 2.45) is 0 Å². The van der Waals surface area contributed by atoms with Crippen LogP contribution in [-0.2, 0) is 6.54 Å². The molecule has 0 unspecified atom stereocenters. The first kappa shape index (κ1) is 13.9. The van der Waals surface area contributed by atoms with E-state index in [1.807, 2.05) is 46.9 Å². The number of halogens is 2. The molecule has 0 atom stereocenters. The van der Waals surface area contributed by atoms with Crippen molar-refractivity contribution in [2.45, 2.75) is 6.54 Å². The summed E-state index contributed by atoms with van der Waals surface area (Å²) in [5.74, 6) is 0.511. The van der Waals surface area contributed by atoms with Gasteiger partial charge in [-0.05, 0) is 34.7 Å². The Kier molecular flexibility index (Phi) is 4.47. The molecule has 0 saturated heterocycles. The van der Waals surface area contributed by atoms with Crippen LogP contribution in [0.4, 0.5) is 15.8 Å². The van der Waals surface area contributed by atoms with Gasteiger partial charge in [-0.2, -0.15) is 0 Å². The van der Waals surface area contributed by atoms with Crippen LogP contribution in [0.2, 0.25) is 0 Å². The lowest BCUT2D eigenvalue weighted by Crippen LogP contribution is -2.05. The normalized spacial score (nSPS) is 10.3. The Balaban J connectivity index is 2.17. The first-order valence-corrected chi connectivity index (χ1v) is 6.80. The standard InChI is InChI=1S/C14H14FIN2O/c1-19-14-5-3-2-4-9(14)8-18-13-6-10(15)11(16)7-12(13)17/h2-7,18H,8,17H2,1H3. The van der Waals surface area contributed by atoms with Crippen molar-refractivity contribution in [3.8, 4) is 5.75 Å². The average molecular weight is 372 g/mol. The Bertz CT molecular complexity index is 590. The number of nitrogens with one attached hydrogen (secondary N) is 1. The molecule has 0 saturated carbocycles. The summed E-state index contributed by atoms with van der Waals surface area (Å²) in [6.45, 7) is 0.522. The Morgan fingerprint density at radius 3 is 2.79 bits per heavy atom. The van der Waals surface area contributed by atoms with Gasteiger partial charge in [0.15, 0.2) is 0 Å². The molecule has 0 aliphatic rings. The molecule has 2 aromatic rings. The van der Waals surface area contributed by atoms with Gasteiger partial charge in [-0.3, -0.25) is 0 Å². The van der Waals surface area contributed by atoms with E-state index in [0.29, 0.717) is 21.5 Å². The maximum atomic E-state index is 13.5. The molecule has 19 heavy (non-hydrogen) atoms. The van der Waals surface area contributed by atoms with E-state index in [1.165, 1.54) is 6.07 Å². The van der Waals surface area contributed by atoms with Crippen molar-refractivity contribution < 1.29 is 9.13 Å². The first-order valence-electron chi connectivity index (χ1n) is 5.72. The fourth-order valence-electron chi connectivity index (χ4n) is 1.75. The van der Waals surface area contributed by atoms with Gasteiger partial charge in [0.1, 0.15) is 11.6 Å². The monoisotopic (exact) mass is 372 g/mol. The van der Waals surface area contributed by atoms with Crippen LogP contribution < -0.4 is 15.8 Å². The van der Waals surface area contributed by atoms with Gasteiger partial charge in [0.25, 0.3) is 0 Å². The highest BCUT2D eigenvalue weighted by molar-refractivity contribution is 14.1. The zero-order valence-electron chi connectivity index (χ0n) is 10.4. The van der Waals surface area contributed by atoms with Crippen LogP contribution >= 0.6 is 22.6 Å². The number of para-hydroxylation sites is 1. The van der Waals surface area contributed by atoms with Crippen LogP contribution in [0.3, 0.4) is 0 Å². The number of methoxy groups -OCH3 is 1. The van der Waals surface area contributed by atoms with Gasteiger partial charge in [0, 0.05) is 18.2 Å². The van der Waals surface area contributed by atoms with E-state index in [1.54, 1.807) is 13.2 Å². The molecule has 3 nitrogen and oxygen atoms in total. The van der Waals surface area contributed by atoms with Crippen molar-refractivity contribution in [1.82, 2.24) is 0 Å². The third-order valence-electron chi connectivity index (χ3n) is 2.75. The molecular formula is C14H14FIN2O. The Morgan fingerprint density at radius 2 is 2.05 bits per heavy atom. The van der Waals surface area contributed by atoms with Crippen LogP contribution in [0, 0.1) is 9.39 Å². The van der Waals surface area contributed by atoms with Crippen LogP contribution in [0.5, 0.6) is 5.75 Å². The van der Waals surface area contributed by atoms with E-state index in [-0.39, 0.29) is 5.82 Å². The number of nitrogens with two attached hydrogens (primary N) is 1. The van der Waals surface area contributed by atoms with Gasteiger partial charge in [0.2, 0.25) is 0 Å². The minimum absolute atomic E-state index is 0.280. The van der Waals surface area contributed by atoms with E-state index in [2.05, 4.69) is 5.32 Å². The van der Waals surface area contributed by atoms with E-state index >= 15 is 0 Å². The maximum Gasteiger partial charge on any atom is 0.138 e. The molecule has 0 aliphatic heterocycles. The fraction of sp³-hybridized carbons (Fsp3) is 0.143. The molecule has 0 bridgehead atoms. The Labute approximate surface area is 125 Å². The largest absolute Gasteiger partial charge is 0.496 e. The Hall–Kier alpha value is -1.50. The molecule has 0 fully saturated rings. The lowest BCUT2D eigenvalue weighted by molar-refractivity contribution is 0.410. The minimum Gasteiger partial charge on any atom is -0.496 e. The summed E-state index contributed by atoms with van der Waals surface area (Å²) in [4.78, 5) is 0. The van der Waals surface area contributed by atoms with Gasteiger partial charge in [0.05, 0.1) is 22.1 Å². The number of nitrogen functional groups attached to an aromatic ring is 1. The highest BCUT2D eigenvalue weighted by atomic mass is 127. The predicted molar refractivity (Wildman–Crippen MR) is 83.9 cm³/mol. The third-order valence-corrected chi connectivity index (χ3v) is 3.58. The highest BCUT2D eigenvalue weighted by Crippen LogP contribution is 2.25. The molecule has 2 aromatic carbocycles. The van der Waals surface area contributed by atoms with Gasteiger partial charge < -0.3 is 15.8 Å². The number of benzene rings is 2. The fourth-order valence-corrected chi connectivity index (χ4v) is 2.25. The quantitative estimate of drug-likeness (QED) is 0.637. The maximum absolute atomic E-state index is 13.5. The van der Waals surface area contributed by atoms with Gasteiger partial charge in [-0.1, -0.05) is 18.2 Å². The first-order chi connectivity index (χ1) is 9.11. The molecule has 0 aliphatic carbocycles. The number of anilines is 2. The predicted octanol–water partition coefficient (Wildman–Crippen LogP) is 3.63. The van der Waals surface area contributed by atoms with Gasteiger partial charge in [-0.25, -0.2) is 4.39 Å². The molecule has 0 amide bonds. The third kappa shape index (κ3) is 3.28. The molecule has 5 heteroatoms. The molecule has 0 aromatic heterocycles. The summed E-state index contributed by atoms with van der Waals surface area (Å²) in [5.41, 5.74) is 7.96. The smallest absolute Gasteiger partial charge is 0.138 e. The molecule has 100 valence electrons. The van der Waals surface area contributed by atoms with Gasteiger partial charge >= 0.3 is 0 Å². The molecular weight excluding hydrogens is 358 g/mol. The van der Waals surface area contributed by atoms with E-state index in [4.69, 9.17) is 10.5 Å². The van der Waals surface area contributed by atoms with Gasteiger partial charge in [-0.15, -0.1) is 0 Å². The number of hydrogen-bond donors (Lipinski definition) is 2. The topological polar surface area (TPSA) is 47.3 Å². The molecule has 0 radical (unpaired) electrons. The summed E-state index contributed by atoms with van der Waals surface area (Å²) < 4.78 is 19.3. The molecule has 0 heterocycles. The van der Waals surface area contributed by atoms with E-state index in [0.717, 1.165) is 11.3 Å². The molecule has 2 rings (SSSR count). The van der Waals surface area contributed by atoms with Crippen molar-refractivity contribution in [3.63, 3.8) is 0 Å². The second kappa shape index (κ2) is 6.10. The average Bonchev–Trinajstić information content (AvgIpc) is 2.41. The molecule has 3 N–H and O–H groups in total. The summed E-state index contributed by atoms with van der Waals surface area (Å²) >= 11 is 1.92. The Morgan fingerprint density at radius 1 is 1.32 bits per heavy atom. The van der Waals surface area contributed by atoms with Crippen molar-refractivity contribution in [2.75, 3.05) is 18.2 Å². The second-order valence-electron chi connectivity index (χ2n) is 4.02. The summed E-state index contributed by atoms with van der Waals surface area (Å²) in [6, 6.07) is 10.7. The SMILES string of the molecule is COc1ccccc1CNc1cc(F)c(I)cc1N. The van der Waals surface area contributed by atoms with E-state index < -0.39 is 0 Å². The number of ether oxygens (including phenoxy) is 1. The van der Waals surface area contributed by atoms with Crippen molar-refractivity contribution in [1.29, 1.82) is 0 Å². The van der Waals surface area contributed by atoms with Crippen molar-refractivity contribution in [3.05, 3.63) is 51.3 Å². The zero-order valence-corrected chi connectivity index (χ0v) is 12.6. The molecule has 0 spiro atoms. The lowest BCUT2D eigenvalue weighted by Gasteiger charge is -2.12. The van der Waals surface area contributed by atoms with Crippen LogP contribution in [-0.4, -0.2) is 7.11 Å².